The number of pyridine rings is 1. The van der Waals surface area contributed by atoms with Crippen molar-refractivity contribution in [2.24, 2.45) is 11.1 Å². The van der Waals surface area contributed by atoms with Gasteiger partial charge in [-0.05, 0) is 24.5 Å². The van der Waals surface area contributed by atoms with Crippen molar-refractivity contribution < 1.29 is 4.79 Å². The third kappa shape index (κ3) is 2.72. The molecule has 1 aliphatic rings. The van der Waals surface area contributed by atoms with Crippen LogP contribution in [-0.4, -0.2) is 17.3 Å². The second kappa shape index (κ2) is 5.41. The lowest BCUT2D eigenvalue weighted by atomic mass is 9.70. The Bertz CT molecular complexity index is 369. The molecule has 0 unspecified atom stereocenters. The molecule has 2 rings (SSSR count). The summed E-state index contributed by atoms with van der Waals surface area (Å²) < 4.78 is 0. The minimum absolute atomic E-state index is 0.256. The Morgan fingerprint density at radius 2 is 2.12 bits per heavy atom. The predicted octanol–water partition coefficient (Wildman–Crippen LogP) is 2.10. The molecule has 0 spiro atoms. The molecular formula is C14H20N2O. The number of hydrogen-bond acceptors (Lipinski definition) is 3. The number of Topliss-reactive ketones (excluding diaryl/α,β-unsaturated/α-hetero) is 1. The van der Waals surface area contributed by atoms with Crippen LogP contribution in [0.5, 0.6) is 0 Å². The number of aromatic nitrogens is 1. The first-order valence-electron chi connectivity index (χ1n) is 6.39. The van der Waals surface area contributed by atoms with Gasteiger partial charge in [0.05, 0.1) is 0 Å². The van der Waals surface area contributed by atoms with Crippen LogP contribution in [0.3, 0.4) is 0 Å². The fraction of sp³-hybridized carbons (Fsp3) is 0.571. The van der Waals surface area contributed by atoms with Gasteiger partial charge in [0.2, 0.25) is 0 Å². The second-order valence-electron chi connectivity index (χ2n) is 5.01. The average molecular weight is 232 g/mol. The number of hydrogen-bond donors (Lipinski definition) is 1. The normalized spacial score (nSPS) is 18.9. The fourth-order valence-corrected chi connectivity index (χ4v) is 2.70. The Balaban J connectivity index is 2.07. The van der Waals surface area contributed by atoms with Crippen LogP contribution >= 0.6 is 0 Å². The van der Waals surface area contributed by atoms with Crippen molar-refractivity contribution in [1.82, 2.24) is 4.98 Å². The van der Waals surface area contributed by atoms with Gasteiger partial charge < -0.3 is 5.73 Å². The lowest BCUT2D eigenvalue weighted by Gasteiger charge is -2.34. The SMILES string of the molecule is NCC1(C(=O)Cc2cccnc2)CCCCC1. The summed E-state index contributed by atoms with van der Waals surface area (Å²) in [5, 5.41) is 0. The van der Waals surface area contributed by atoms with Gasteiger partial charge in [-0.3, -0.25) is 9.78 Å². The summed E-state index contributed by atoms with van der Waals surface area (Å²) >= 11 is 0. The van der Waals surface area contributed by atoms with Crippen molar-refractivity contribution in [1.29, 1.82) is 0 Å². The van der Waals surface area contributed by atoms with E-state index in [1.807, 2.05) is 12.1 Å². The molecule has 2 N–H and O–H groups in total. The molecular weight excluding hydrogens is 212 g/mol. The van der Waals surface area contributed by atoms with Crippen LogP contribution in [0.2, 0.25) is 0 Å². The van der Waals surface area contributed by atoms with Crippen LogP contribution < -0.4 is 5.73 Å². The van der Waals surface area contributed by atoms with Crippen LogP contribution in [0.4, 0.5) is 0 Å². The van der Waals surface area contributed by atoms with Crippen LogP contribution in [0, 0.1) is 5.41 Å². The summed E-state index contributed by atoms with van der Waals surface area (Å²) in [7, 11) is 0. The topological polar surface area (TPSA) is 56.0 Å². The molecule has 92 valence electrons. The van der Waals surface area contributed by atoms with Crippen LogP contribution in [0.15, 0.2) is 24.5 Å². The van der Waals surface area contributed by atoms with E-state index in [0.29, 0.717) is 18.7 Å². The third-order valence-electron chi connectivity index (χ3n) is 3.88. The Hall–Kier alpha value is -1.22. The van der Waals surface area contributed by atoms with E-state index in [0.717, 1.165) is 31.2 Å². The van der Waals surface area contributed by atoms with Crippen molar-refractivity contribution in [3.8, 4) is 0 Å². The maximum Gasteiger partial charge on any atom is 0.144 e. The fourth-order valence-electron chi connectivity index (χ4n) is 2.70. The van der Waals surface area contributed by atoms with Crippen LogP contribution in [0.25, 0.3) is 0 Å². The van der Waals surface area contributed by atoms with Gasteiger partial charge in [-0.1, -0.05) is 25.3 Å². The van der Waals surface area contributed by atoms with Crippen molar-refractivity contribution in [2.45, 2.75) is 38.5 Å². The minimum Gasteiger partial charge on any atom is -0.329 e. The summed E-state index contributed by atoms with van der Waals surface area (Å²) in [4.78, 5) is 16.5. The summed E-state index contributed by atoms with van der Waals surface area (Å²) in [5.41, 5.74) is 6.60. The van der Waals surface area contributed by atoms with Gasteiger partial charge in [0.1, 0.15) is 5.78 Å². The molecule has 3 heteroatoms. The molecule has 1 aliphatic carbocycles. The molecule has 17 heavy (non-hydrogen) atoms. The summed E-state index contributed by atoms with van der Waals surface area (Å²) in [6, 6.07) is 3.83. The second-order valence-corrected chi connectivity index (χ2v) is 5.01. The smallest absolute Gasteiger partial charge is 0.144 e. The standard InChI is InChI=1S/C14H20N2O/c15-11-14(6-2-1-3-7-14)13(17)9-12-5-4-8-16-10-12/h4-5,8,10H,1-3,6-7,9,11,15H2. The van der Waals surface area contributed by atoms with Gasteiger partial charge in [0.25, 0.3) is 0 Å². The van der Waals surface area contributed by atoms with Gasteiger partial charge in [-0.2, -0.15) is 0 Å². The summed E-state index contributed by atoms with van der Waals surface area (Å²) in [6.45, 7) is 0.492. The number of nitrogens with zero attached hydrogens (tertiary/aromatic N) is 1. The zero-order chi connectivity index (χ0) is 12.1. The quantitative estimate of drug-likeness (QED) is 0.865. The predicted molar refractivity (Wildman–Crippen MR) is 67.5 cm³/mol. The Morgan fingerprint density at radius 1 is 1.35 bits per heavy atom. The molecule has 1 fully saturated rings. The van der Waals surface area contributed by atoms with Crippen molar-refractivity contribution in [2.75, 3.05) is 6.54 Å². The number of carbonyl (C=O) groups is 1. The van der Waals surface area contributed by atoms with E-state index < -0.39 is 0 Å². The number of carbonyl (C=O) groups excluding carboxylic acids is 1. The van der Waals surface area contributed by atoms with Gasteiger partial charge >= 0.3 is 0 Å². The average Bonchev–Trinajstić information content (AvgIpc) is 2.40. The molecule has 1 aromatic rings. The van der Waals surface area contributed by atoms with E-state index in [-0.39, 0.29) is 5.41 Å². The highest BCUT2D eigenvalue weighted by atomic mass is 16.1. The summed E-state index contributed by atoms with van der Waals surface area (Å²) in [5.74, 6) is 0.299. The highest BCUT2D eigenvalue weighted by Crippen LogP contribution is 2.36. The summed E-state index contributed by atoms with van der Waals surface area (Å²) in [6.07, 6.45) is 9.41. The van der Waals surface area contributed by atoms with E-state index in [9.17, 15) is 4.79 Å². The molecule has 1 heterocycles. The van der Waals surface area contributed by atoms with E-state index in [2.05, 4.69) is 4.98 Å². The van der Waals surface area contributed by atoms with Crippen LogP contribution in [-0.2, 0) is 11.2 Å². The first-order chi connectivity index (χ1) is 8.27. The molecule has 0 atom stereocenters. The molecule has 3 nitrogen and oxygen atoms in total. The number of rotatable bonds is 4. The van der Waals surface area contributed by atoms with E-state index in [4.69, 9.17) is 5.73 Å². The number of nitrogens with two attached hydrogens (primary N) is 1. The van der Waals surface area contributed by atoms with E-state index in [1.165, 1.54) is 6.42 Å². The molecule has 0 saturated heterocycles. The lowest BCUT2D eigenvalue weighted by Crippen LogP contribution is -2.41. The molecule has 0 radical (unpaired) electrons. The highest BCUT2D eigenvalue weighted by Gasteiger charge is 2.37. The largest absolute Gasteiger partial charge is 0.329 e. The minimum atomic E-state index is -0.256. The van der Waals surface area contributed by atoms with Gasteiger partial charge in [0.15, 0.2) is 0 Å². The zero-order valence-corrected chi connectivity index (χ0v) is 10.2. The molecule has 1 aromatic heterocycles. The van der Waals surface area contributed by atoms with Gasteiger partial charge in [-0.25, -0.2) is 0 Å². The first kappa shape index (κ1) is 12.2. The molecule has 0 aliphatic heterocycles. The monoisotopic (exact) mass is 232 g/mol. The van der Waals surface area contributed by atoms with Crippen molar-refractivity contribution in [3.63, 3.8) is 0 Å². The van der Waals surface area contributed by atoms with Crippen molar-refractivity contribution >= 4 is 5.78 Å². The Morgan fingerprint density at radius 3 is 2.71 bits per heavy atom. The van der Waals surface area contributed by atoms with Crippen molar-refractivity contribution in [3.05, 3.63) is 30.1 Å². The maximum atomic E-state index is 12.4. The highest BCUT2D eigenvalue weighted by molar-refractivity contribution is 5.87. The third-order valence-corrected chi connectivity index (χ3v) is 3.88. The Labute approximate surface area is 102 Å². The van der Waals surface area contributed by atoms with Gasteiger partial charge in [0, 0.05) is 30.8 Å². The number of ketones is 1. The van der Waals surface area contributed by atoms with Crippen LogP contribution in [0.1, 0.15) is 37.7 Å². The van der Waals surface area contributed by atoms with E-state index in [1.54, 1.807) is 12.4 Å². The maximum absolute atomic E-state index is 12.4. The lowest BCUT2D eigenvalue weighted by molar-refractivity contribution is -0.129. The molecule has 0 bridgehead atoms. The van der Waals surface area contributed by atoms with E-state index >= 15 is 0 Å². The Kier molecular flexibility index (Phi) is 3.89. The first-order valence-corrected chi connectivity index (χ1v) is 6.39. The molecule has 0 aromatic carbocycles. The molecule has 1 saturated carbocycles. The van der Waals surface area contributed by atoms with Gasteiger partial charge in [-0.15, -0.1) is 0 Å². The zero-order valence-electron chi connectivity index (χ0n) is 10.2. The molecule has 0 amide bonds.